The van der Waals surface area contributed by atoms with Crippen molar-refractivity contribution in [1.82, 2.24) is 0 Å². The summed E-state index contributed by atoms with van der Waals surface area (Å²) < 4.78 is 0. The number of hydrogen-bond acceptors (Lipinski definition) is 2. The summed E-state index contributed by atoms with van der Waals surface area (Å²) in [5.74, 6) is 14.1. The smallest absolute Gasteiger partial charge is 0.0588 e. The standard InChI is InChI=1S/C34H48S2/c1-3-5-7-9-11-13-15-17-19-21-25-31(33-27-23-29-35-33)32(34-28-24-30-36-34)26-22-20-18-16-14-12-10-8-6-4-2/h23-24,27-30H,3-20H2,1-2H3/b32-31+. The molecule has 2 heterocycles. The average Bonchev–Trinajstić information content (AvgIpc) is 3.62. The van der Waals surface area contributed by atoms with Gasteiger partial charge in [-0.15, -0.1) is 22.7 Å². The number of hydrogen-bond donors (Lipinski definition) is 0. The zero-order chi connectivity index (χ0) is 25.5. The fraction of sp³-hybridized carbons (Fsp3) is 0.588. The van der Waals surface area contributed by atoms with Gasteiger partial charge in [-0.25, -0.2) is 0 Å². The van der Waals surface area contributed by atoms with Crippen molar-refractivity contribution in [3.05, 3.63) is 44.8 Å². The third-order valence-corrected chi connectivity index (χ3v) is 8.30. The van der Waals surface area contributed by atoms with Gasteiger partial charge in [0.15, 0.2) is 0 Å². The van der Waals surface area contributed by atoms with Crippen molar-refractivity contribution in [2.24, 2.45) is 0 Å². The highest BCUT2D eigenvalue weighted by atomic mass is 32.1. The Labute approximate surface area is 231 Å². The second-order valence-electron chi connectivity index (χ2n) is 9.76. The van der Waals surface area contributed by atoms with Gasteiger partial charge in [-0.05, 0) is 35.7 Å². The average molecular weight is 521 g/mol. The molecule has 196 valence electrons. The summed E-state index contributed by atoms with van der Waals surface area (Å²) in [4.78, 5) is 2.48. The van der Waals surface area contributed by atoms with Crippen molar-refractivity contribution in [3.63, 3.8) is 0 Å². The first-order valence-electron chi connectivity index (χ1n) is 14.7. The molecule has 0 saturated heterocycles. The number of thiophene rings is 2. The lowest BCUT2D eigenvalue weighted by Gasteiger charge is -2.03. The van der Waals surface area contributed by atoms with Crippen LogP contribution in [0.3, 0.4) is 0 Å². The number of unbranched alkanes of at least 4 members (excludes halogenated alkanes) is 16. The van der Waals surface area contributed by atoms with Crippen molar-refractivity contribution in [3.8, 4) is 23.7 Å². The summed E-state index contributed by atoms with van der Waals surface area (Å²) in [5.41, 5.74) is 2.24. The topological polar surface area (TPSA) is 0 Å². The van der Waals surface area contributed by atoms with Crippen LogP contribution in [0, 0.1) is 23.7 Å². The summed E-state index contributed by atoms with van der Waals surface area (Å²) in [6.07, 6.45) is 23.4. The fourth-order valence-electron chi connectivity index (χ4n) is 4.33. The molecule has 2 aromatic rings. The van der Waals surface area contributed by atoms with Gasteiger partial charge in [0.1, 0.15) is 0 Å². The normalized spacial score (nSPS) is 11.4. The van der Waals surface area contributed by atoms with E-state index in [0.29, 0.717) is 0 Å². The molecule has 2 heteroatoms. The van der Waals surface area contributed by atoms with E-state index in [1.165, 1.54) is 112 Å². The van der Waals surface area contributed by atoms with Gasteiger partial charge in [-0.1, -0.05) is 140 Å². The van der Waals surface area contributed by atoms with Crippen molar-refractivity contribution in [2.45, 2.75) is 129 Å². The Morgan fingerprint density at radius 2 is 0.889 bits per heavy atom. The highest BCUT2D eigenvalue weighted by Gasteiger charge is 2.10. The van der Waals surface area contributed by atoms with Crippen LogP contribution >= 0.6 is 22.7 Å². The van der Waals surface area contributed by atoms with Crippen molar-refractivity contribution < 1.29 is 0 Å². The van der Waals surface area contributed by atoms with E-state index in [-0.39, 0.29) is 0 Å². The molecule has 0 aliphatic carbocycles. The lowest BCUT2D eigenvalue weighted by Crippen LogP contribution is -1.86. The van der Waals surface area contributed by atoms with Crippen molar-refractivity contribution >= 4 is 33.8 Å². The van der Waals surface area contributed by atoms with Crippen molar-refractivity contribution in [1.29, 1.82) is 0 Å². The first kappa shape index (κ1) is 30.5. The monoisotopic (exact) mass is 520 g/mol. The van der Waals surface area contributed by atoms with E-state index in [1.807, 2.05) is 0 Å². The molecular weight excluding hydrogens is 473 g/mol. The zero-order valence-corrected chi connectivity index (χ0v) is 24.6. The second kappa shape index (κ2) is 21.4. The van der Waals surface area contributed by atoms with Gasteiger partial charge in [-0.3, -0.25) is 0 Å². The molecule has 0 aliphatic heterocycles. The molecule has 0 N–H and O–H groups in total. The third-order valence-electron chi connectivity index (χ3n) is 6.52. The fourth-order valence-corrected chi connectivity index (χ4v) is 5.80. The quantitative estimate of drug-likeness (QED) is 0.135. The van der Waals surface area contributed by atoms with Gasteiger partial charge in [0.05, 0.1) is 11.1 Å². The minimum Gasteiger partial charge on any atom is -0.143 e. The van der Waals surface area contributed by atoms with Crippen LogP contribution in [0.2, 0.25) is 0 Å². The van der Waals surface area contributed by atoms with Crippen LogP contribution in [0.15, 0.2) is 35.0 Å². The van der Waals surface area contributed by atoms with Crippen LogP contribution < -0.4 is 0 Å². The van der Waals surface area contributed by atoms with Crippen LogP contribution in [0.5, 0.6) is 0 Å². The van der Waals surface area contributed by atoms with E-state index in [1.54, 1.807) is 22.7 Å². The highest BCUT2D eigenvalue weighted by Crippen LogP contribution is 2.31. The molecule has 2 rings (SSSR count). The first-order chi connectivity index (χ1) is 17.9. The van der Waals surface area contributed by atoms with Crippen molar-refractivity contribution in [2.75, 3.05) is 0 Å². The molecule has 0 spiro atoms. The molecule has 0 nitrogen and oxygen atoms in total. The van der Waals surface area contributed by atoms with Crippen LogP contribution in [0.25, 0.3) is 11.1 Å². The van der Waals surface area contributed by atoms with Gasteiger partial charge >= 0.3 is 0 Å². The largest absolute Gasteiger partial charge is 0.143 e. The van der Waals surface area contributed by atoms with Crippen LogP contribution in [0.1, 0.15) is 139 Å². The van der Waals surface area contributed by atoms with E-state index in [2.05, 4.69) is 72.6 Å². The minimum atomic E-state index is 0.979. The molecule has 0 aromatic carbocycles. The maximum Gasteiger partial charge on any atom is 0.0588 e. The van der Waals surface area contributed by atoms with Gasteiger partial charge in [0.2, 0.25) is 0 Å². The predicted molar refractivity (Wildman–Crippen MR) is 165 cm³/mol. The molecule has 0 bridgehead atoms. The Hall–Kier alpha value is -1.74. The lowest BCUT2D eigenvalue weighted by atomic mass is 10.0. The van der Waals surface area contributed by atoms with E-state index < -0.39 is 0 Å². The molecule has 0 radical (unpaired) electrons. The maximum atomic E-state index is 3.56. The SMILES string of the molecule is CCCCCCCCCCC#C/C(=C(/C#CCCCCCCCCCC)c1cccs1)c1cccs1. The Morgan fingerprint density at radius 3 is 1.22 bits per heavy atom. The molecular formula is C34H48S2. The summed E-state index contributed by atoms with van der Waals surface area (Å²) in [5, 5.41) is 4.30. The van der Waals surface area contributed by atoms with Crippen LogP contribution in [-0.4, -0.2) is 0 Å². The van der Waals surface area contributed by atoms with Gasteiger partial charge in [-0.2, -0.15) is 0 Å². The Kier molecular flexibility index (Phi) is 18.1. The van der Waals surface area contributed by atoms with E-state index in [4.69, 9.17) is 0 Å². The molecule has 0 unspecified atom stereocenters. The van der Waals surface area contributed by atoms with E-state index in [9.17, 15) is 0 Å². The Bertz CT molecular complexity index is 845. The highest BCUT2D eigenvalue weighted by molar-refractivity contribution is 7.12. The Balaban J connectivity index is 1.95. The minimum absolute atomic E-state index is 0.979. The van der Waals surface area contributed by atoms with Crippen LogP contribution in [0.4, 0.5) is 0 Å². The van der Waals surface area contributed by atoms with Crippen LogP contribution in [-0.2, 0) is 0 Å². The summed E-state index contributed by atoms with van der Waals surface area (Å²) >= 11 is 3.55. The summed E-state index contributed by atoms with van der Waals surface area (Å²) in [6.45, 7) is 4.56. The van der Waals surface area contributed by atoms with Gasteiger partial charge < -0.3 is 0 Å². The molecule has 0 fully saturated rings. The van der Waals surface area contributed by atoms with Gasteiger partial charge in [0.25, 0.3) is 0 Å². The molecule has 0 aliphatic rings. The van der Waals surface area contributed by atoms with Gasteiger partial charge in [0, 0.05) is 22.6 Å². The summed E-state index contributed by atoms with van der Waals surface area (Å²) in [7, 11) is 0. The predicted octanol–water partition coefficient (Wildman–Crippen LogP) is 11.8. The third kappa shape index (κ3) is 13.5. The maximum absolute atomic E-state index is 3.56. The first-order valence-corrected chi connectivity index (χ1v) is 16.4. The Morgan fingerprint density at radius 1 is 0.528 bits per heavy atom. The molecule has 2 aromatic heterocycles. The number of allylic oxidation sites excluding steroid dienone is 2. The lowest BCUT2D eigenvalue weighted by molar-refractivity contribution is 0.579. The van der Waals surface area contributed by atoms with E-state index >= 15 is 0 Å². The van der Waals surface area contributed by atoms with E-state index in [0.717, 1.165) is 24.0 Å². The molecule has 36 heavy (non-hydrogen) atoms. The molecule has 0 amide bonds. The summed E-state index contributed by atoms with van der Waals surface area (Å²) in [6, 6.07) is 8.64. The second-order valence-corrected chi connectivity index (χ2v) is 11.7. The zero-order valence-electron chi connectivity index (χ0n) is 23.0. The molecule has 0 atom stereocenters. The molecule has 0 saturated carbocycles. The number of rotatable bonds is 18.